The Morgan fingerprint density at radius 2 is 1.68 bits per heavy atom. The van der Waals surface area contributed by atoms with E-state index in [9.17, 15) is 9.18 Å². The Morgan fingerprint density at radius 1 is 0.964 bits per heavy atom. The van der Waals surface area contributed by atoms with Crippen LogP contribution in [0.1, 0.15) is 23.1 Å². The zero-order valence-electron chi connectivity index (χ0n) is 16.1. The van der Waals surface area contributed by atoms with Crippen molar-refractivity contribution in [2.75, 3.05) is 7.11 Å². The van der Waals surface area contributed by atoms with E-state index in [4.69, 9.17) is 4.74 Å². The van der Waals surface area contributed by atoms with Gasteiger partial charge in [-0.25, -0.2) is 4.39 Å². The van der Waals surface area contributed by atoms with Crippen LogP contribution in [0, 0.1) is 12.7 Å². The molecule has 0 aliphatic heterocycles. The molecule has 28 heavy (non-hydrogen) atoms. The lowest BCUT2D eigenvalue weighted by molar-refractivity contribution is -0.140. The molecule has 0 radical (unpaired) electrons. The van der Waals surface area contributed by atoms with Crippen molar-refractivity contribution >= 4 is 5.97 Å². The Balaban J connectivity index is 1.69. The van der Waals surface area contributed by atoms with Crippen LogP contribution in [0.2, 0.25) is 0 Å². The molecule has 3 aromatic rings. The summed E-state index contributed by atoms with van der Waals surface area (Å²) in [6.07, 6.45) is 0.967. The number of carbonyl (C=O) groups is 1. The molecule has 0 fully saturated rings. The van der Waals surface area contributed by atoms with Crippen molar-refractivity contribution < 1.29 is 18.7 Å². The molecule has 0 spiro atoms. The van der Waals surface area contributed by atoms with Crippen LogP contribution in [0.3, 0.4) is 0 Å². The monoisotopic (exact) mass is 378 g/mol. The predicted molar refractivity (Wildman–Crippen MR) is 108 cm³/mol. The average Bonchev–Trinajstić information content (AvgIpc) is 2.72. The van der Waals surface area contributed by atoms with E-state index in [0.717, 1.165) is 22.3 Å². The minimum atomic E-state index is -0.285. The van der Waals surface area contributed by atoms with Crippen LogP contribution in [0.5, 0.6) is 5.75 Å². The first-order valence-electron chi connectivity index (χ1n) is 9.19. The molecule has 3 rings (SSSR count). The molecule has 144 valence electrons. The summed E-state index contributed by atoms with van der Waals surface area (Å²) in [6.45, 7) is 2.30. The summed E-state index contributed by atoms with van der Waals surface area (Å²) in [5.74, 6) is 0.184. The number of carbonyl (C=O) groups excluding carboxylic acids is 1. The molecule has 0 aromatic heterocycles. The minimum Gasteiger partial charge on any atom is -0.489 e. The van der Waals surface area contributed by atoms with Crippen molar-refractivity contribution in [3.63, 3.8) is 0 Å². The van der Waals surface area contributed by atoms with E-state index in [0.29, 0.717) is 18.6 Å². The van der Waals surface area contributed by atoms with Gasteiger partial charge in [0.05, 0.1) is 7.11 Å². The highest BCUT2D eigenvalue weighted by Gasteiger charge is 2.08. The van der Waals surface area contributed by atoms with Gasteiger partial charge in [-0.1, -0.05) is 48.0 Å². The highest BCUT2D eigenvalue weighted by Crippen LogP contribution is 2.26. The van der Waals surface area contributed by atoms with Gasteiger partial charge in [0.2, 0.25) is 0 Å². The standard InChI is InChI=1S/C24H23FO3/c1-17-3-8-19(9-4-17)23-13-10-21(25)15-20(23)16-28-22-11-5-18(6-12-22)7-14-24(26)27-2/h3-6,8-13,15H,7,14,16H2,1-2H3. The molecule has 3 nitrogen and oxygen atoms in total. The van der Waals surface area contributed by atoms with Crippen LogP contribution in [-0.2, 0) is 22.6 Å². The Labute approximate surface area is 164 Å². The zero-order valence-corrected chi connectivity index (χ0v) is 16.1. The average molecular weight is 378 g/mol. The van der Waals surface area contributed by atoms with E-state index < -0.39 is 0 Å². The first kappa shape index (κ1) is 19.6. The minimum absolute atomic E-state index is 0.227. The van der Waals surface area contributed by atoms with Gasteiger partial charge in [-0.3, -0.25) is 4.79 Å². The van der Waals surface area contributed by atoms with Gasteiger partial charge in [0.25, 0.3) is 0 Å². The van der Waals surface area contributed by atoms with Crippen LogP contribution < -0.4 is 4.74 Å². The fourth-order valence-corrected chi connectivity index (χ4v) is 2.96. The quantitative estimate of drug-likeness (QED) is 0.510. The molecule has 0 aliphatic carbocycles. The van der Waals surface area contributed by atoms with E-state index in [1.165, 1.54) is 24.8 Å². The number of hydrogen-bond acceptors (Lipinski definition) is 3. The molecule has 0 amide bonds. The number of methoxy groups -OCH3 is 1. The smallest absolute Gasteiger partial charge is 0.305 e. The summed E-state index contributed by atoms with van der Waals surface area (Å²) >= 11 is 0. The van der Waals surface area contributed by atoms with Gasteiger partial charge in [-0.2, -0.15) is 0 Å². The van der Waals surface area contributed by atoms with Gasteiger partial charge in [-0.05, 0) is 59.9 Å². The van der Waals surface area contributed by atoms with Crippen LogP contribution in [-0.4, -0.2) is 13.1 Å². The maximum atomic E-state index is 13.8. The van der Waals surface area contributed by atoms with Gasteiger partial charge in [0.1, 0.15) is 18.2 Å². The molecular weight excluding hydrogens is 355 g/mol. The third-order valence-electron chi connectivity index (χ3n) is 4.59. The second-order valence-electron chi connectivity index (χ2n) is 6.68. The SMILES string of the molecule is COC(=O)CCc1ccc(OCc2cc(F)ccc2-c2ccc(C)cc2)cc1. The highest BCUT2D eigenvalue weighted by atomic mass is 19.1. The predicted octanol–water partition coefficient (Wildman–Crippen LogP) is 5.49. The number of benzene rings is 3. The van der Waals surface area contributed by atoms with Crippen LogP contribution >= 0.6 is 0 Å². The number of aryl methyl sites for hydroxylation is 2. The second kappa shape index (κ2) is 9.18. The summed E-state index contributed by atoms with van der Waals surface area (Å²) in [4.78, 5) is 11.2. The summed E-state index contributed by atoms with van der Waals surface area (Å²) in [5, 5.41) is 0. The van der Waals surface area contributed by atoms with Gasteiger partial charge in [0.15, 0.2) is 0 Å². The van der Waals surface area contributed by atoms with Crippen molar-refractivity contribution in [3.05, 3.63) is 89.2 Å². The van der Waals surface area contributed by atoms with E-state index in [-0.39, 0.29) is 18.4 Å². The molecule has 0 aliphatic rings. The van der Waals surface area contributed by atoms with Crippen LogP contribution in [0.15, 0.2) is 66.7 Å². The van der Waals surface area contributed by atoms with E-state index in [2.05, 4.69) is 4.74 Å². The Kier molecular flexibility index (Phi) is 6.43. The van der Waals surface area contributed by atoms with Crippen molar-refractivity contribution in [2.24, 2.45) is 0 Å². The molecule has 0 saturated heterocycles. The van der Waals surface area contributed by atoms with Crippen molar-refractivity contribution in [2.45, 2.75) is 26.4 Å². The third-order valence-corrected chi connectivity index (χ3v) is 4.59. The fraction of sp³-hybridized carbons (Fsp3) is 0.208. The van der Waals surface area contributed by atoms with E-state index in [1.807, 2.05) is 55.5 Å². The van der Waals surface area contributed by atoms with Crippen molar-refractivity contribution in [1.29, 1.82) is 0 Å². The summed E-state index contributed by atoms with van der Waals surface area (Å²) < 4.78 is 24.3. The molecular formula is C24H23FO3. The van der Waals surface area contributed by atoms with E-state index in [1.54, 1.807) is 6.07 Å². The molecule has 4 heteroatoms. The topological polar surface area (TPSA) is 35.5 Å². The molecule has 0 unspecified atom stereocenters. The largest absolute Gasteiger partial charge is 0.489 e. The molecule has 0 atom stereocenters. The molecule has 0 heterocycles. The van der Waals surface area contributed by atoms with Crippen LogP contribution in [0.25, 0.3) is 11.1 Å². The number of rotatable bonds is 7. The maximum absolute atomic E-state index is 13.8. The Morgan fingerprint density at radius 3 is 2.36 bits per heavy atom. The number of hydrogen-bond donors (Lipinski definition) is 0. The summed E-state index contributed by atoms with van der Waals surface area (Å²) in [6, 6.07) is 20.5. The number of ether oxygens (including phenoxy) is 2. The van der Waals surface area contributed by atoms with Crippen molar-refractivity contribution in [3.8, 4) is 16.9 Å². The van der Waals surface area contributed by atoms with Gasteiger partial charge in [-0.15, -0.1) is 0 Å². The second-order valence-corrected chi connectivity index (χ2v) is 6.68. The fourth-order valence-electron chi connectivity index (χ4n) is 2.96. The molecule has 0 bridgehead atoms. The lowest BCUT2D eigenvalue weighted by Gasteiger charge is -2.12. The Bertz CT molecular complexity index is 931. The first-order valence-corrected chi connectivity index (χ1v) is 9.19. The number of esters is 1. The normalized spacial score (nSPS) is 10.5. The molecule has 0 saturated carbocycles. The summed E-state index contributed by atoms with van der Waals surface area (Å²) in [7, 11) is 1.39. The van der Waals surface area contributed by atoms with Crippen molar-refractivity contribution in [1.82, 2.24) is 0 Å². The number of halogens is 1. The van der Waals surface area contributed by atoms with Gasteiger partial charge in [0, 0.05) is 6.42 Å². The maximum Gasteiger partial charge on any atom is 0.305 e. The van der Waals surface area contributed by atoms with Gasteiger partial charge >= 0.3 is 5.97 Å². The zero-order chi connectivity index (χ0) is 19.9. The summed E-state index contributed by atoms with van der Waals surface area (Å²) in [5.41, 5.74) is 4.98. The third kappa shape index (κ3) is 5.19. The first-order chi connectivity index (χ1) is 13.5. The van der Waals surface area contributed by atoms with Crippen LogP contribution in [0.4, 0.5) is 4.39 Å². The van der Waals surface area contributed by atoms with Gasteiger partial charge < -0.3 is 9.47 Å². The highest BCUT2D eigenvalue weighted by molar-refractivity contribution is 5.69. The lowest BCUT2D eigenvalue weighted by Crippen LogP contribution is -2.02. The Hall–Kier alpha value is -3.14. The van der Waals surface area contributed by atoms with E-state index >= 15 is 0 Å². The lowest BCUT2D eigenvalue weighted by atomic mass is 9.99. The molecule has 0 N–H and O–H groups in total. The molecule has 3 aromatic carbocycles.